The van der Waals surface area contributed by atoms with Crippen LogP contribution in [0.1, 0.15) is 32.7 Å². The fourth-order valence-electron chi connectivity index (χ4n) is 2.82. The molecule has 0 aliphatic rings. The number of para-hydroxylation sites is 1. The third-order valence-electron chi connectivity index (χ3n) is 4.29. The fourth-order valence-corrected chi connectivity index (χ4v) is 2.82. The first-order valence-electron chi connectivity index (χ1n) is 9.31. The first kappa shape index (κ1) is 20.7. The third kappa shape index (κ3) is 5.51. The van der Waals surface area contributed by atoms with Gasteiger partial charge in [-0.2, -0.15) is 0 Å². The van der Waals surface area contributed by atoms with Crippen molar-refractivity contribution in [1.29, 1.82) is 0 Å². The predicted octanol–water partition coefficient (Wildman–Crippen LogP) is 4.60. The summed E-state index contributed by atoms with van der Waals surface area (Å²) in [6, 6.07) is 21.3. The van der Waals surface area contributed by atoms with Gasteiger partial charge in [-0.15, -0.1) is 0 Å². The van der Waals surface area contributed by atoms with Crippen molar-refractivity contribution < 1.29 is 24.0 Å². The Kier molecular flexibility index (Phi) is 6.89. The second kappa shape index (κ2) is 9.97. The van der Waals surface area contributed by atoms with E-state index in [1.165, 1.54) is 36.4 Å². The SMILES string of the molecule is O=C(OCCCc1ccccc1)c1cccc(OC(=O)c2ccccc2[N+](=O)[O-])c1. The molecule has 3 aromatic rings. The Bertz CT molecular complexity index is 1050. The van der Waals surface area contributed by atoms with E-state index >= 15 is 0 Å². The predicted molar refractivity (Wildman–Crippen MR) is 110 cm³/mol. The van der Waals surface area contributed by atoms with Gasteiger partial charge in [-0.3, -0.25) is 10.1 Å². The molecular weight excluding hydrogens is 386 g/mol. The summed E-state index contributed by atoms with van der Waals surface area (Å²) in [4.78, 5) is 35.0. The topological polar surface area (TPSA) is 95.7 Å². The number of esters is 2. The molecule has 0 spiro atoms. The quantitative estimate of drug-likeness (QED) is 0.179. The normalized spacial score (nSPS) is 10.3. The maximum Gasteiger partial charge on any atom is 0.350 e. The van der Waals surface area contributed by atoms with Crippen LogP contribution in [0.15, 0.2) is 78.9 Å². The zero-order chi connectivity index (χ0) is 21.3. The van der Waals surface area contributed by atoms with Gasteiger partial charge in [0, 0.05) is 6.07 Å². The zero-order valence-electron chi connectivity index (χ0n) is 16.0. The molecule has 3 aromatic carbocycles. The number of carbonyl (C=O) groups is 2. The smallest absolute Gasteiger partial charge is 0.350 e. The maximum absolute atomic E-state index is 12.3. The van der Waals surface area contributed by atoms with Gasteiger partial charge in [0.15, 0.2) is 0 Å². The highest BCUT2D eigenvalue weighted by atomic mass is 16.6. The molecular formula is C23H19NO6. The monoisotopic (exact) mass is 405 g/mol. The summed E-state index contributed by atoms with van der Waals surface area (Å²) in [5.41, 5.74) is 0.868. The molecule has 0 amide bonds. The van der Waals surface area contributed by atoms with E-state index in [1.807, 2.05) is 30.3 Å². The van der Waals surface area contributed by atoms with Gasteiger partial charge in [-0.05, 0) is 42.7 Å². The Balaban J connectivity index is 1.58. The maximum atomic E-state index is 12.3. The van der Waals surface area contributed by atoms with E-state index in [4.69, 9.17) is 9.47 Å². The van der Waals surface area contributed by atoms with E-state index in [1.54, 1.807) is 12.1 Å². The first-order chi connectivity index (χ1) is 14.5. The lowest BCUT2D eigenvalue weighted by molar-refractivity contribution is -0.385. The van der Waals surface area contributed by atoms with E-state index in [-0.39, 0.29) is 29.2 Å². The number of hydrogen-bond donors (Lipinski definition) is 0. The minimum absolute atomic E-state index is 0.0943. The Morgan fingerprint density at radius 1 is 0.867 bits per heavy atom. The Morgan fingerprint density at radius 3 is 2.37 bits per heavy atom. The molecule has 0 heterocycles. The highest BCUT2D eigenvalue weighted by Crippen LogP contribution is 2.21. The van der Waals surface area contributed by atoms with E-state index in [0.717, 1.165) is 12.0 Å². The summed E-state index contributed by atoms with van der Waals surface area (Å²) in [5.74, 6) is -1.32. The van der Waals surface area contributed by atoms with Crippen LogP contribution in [0.5, 0.6) is 5.75 Å². The molecule has 0 aliphatic heterocycles. The molecule has 152 valence electrons. The summed E-state index contributed by atoms with van der Waals surface area (Å²) < 4.78 is 10.5. The van der Waals surface area contributed by atoms with Gasteiger partial charge in [0.05, 0.1) is 17.1 Å². The molecule has 7 nitrogen and oxygen atoms in total. The van der Waals surface area contributed by atoms with Gasteiger partial charge in [0.2, 0.25) is 0 Å². The van der Waals surface area contributed by atoms with Crippen molar-refractivity contribution in [2.24, 2.45) is 0 Å². The van der Waals surface area contributed by atoms with Crippen molar-refractivity contribution >= 4 is 17.6 Å². The highest BCUT2D eigenvalue weighted by molar-refractivity contribution is 5.95. The van der Waals surface area contributed by atoms with Crippen molar-refractivity contribution in [1.82, 2.24) is 0 Å². The van der Waals surface area contributed by atoms with Crippen LogP contribution in [0, 0.1) is 10.1 Å². The van der Waals surface area contributed by atoms with Crippen molar-refractivity contribution in [2.75, 3.05) is 6.61 Å². The summed E-state index contributed by atoms with van der Waals surface area (Å²) in [5, 5.41) is 11.1. The first-order valence-corrected chi connectivity index (χ1v) is 9.31. The molecule has 0 saturated carbocycles. The van der Waals surface area contributed by atoms with Crippen LogP contribution in [0.3, 0.4) is 0 Å². The Labute approximate surface area is 173 Å². The van der Waals surface area contributed by atoms with Crippen LogP contribution in [-0.4, -0.2) is 23.5 Å². The molecule has 0 saturated heterocycles. The van der Waals surface area contributed by atoms with Gasteiger partial charge < -0.3 is 9.47 Å². The number of rotatable bonds is 8. The van der Waals surface area contributed by atoms with Crippen molar-refractivity contribution in [3.8, 4) is 5.75 Å². The summed E-state index contributed by atoms with van der Waals surface area (Å²) in [6.45, 7) is 0.258. The molecule has 7 heteroatoms. The van der Waals surface area contributed by atoms with Crippen LogP contribution in [0.25, 0.3) is 0 Å². The lowest BCUT2D eigenvalue weighted by atomic mass is 10.1. The molecule has 0 unspecified atom stereocenters. The van der Waals surface area contributed by atoms with E-state index < -0.39 is 16.9 Å². The van der Waals surface area contributed by atoms with Crippen LogP contribution in [0.2, 0.25) is 0 Å². The van der Waals surface area contributed by atoms with Gasteiger partial charge >= 0.3 is 11.9 Å². The van der Waals surface area contributed by atoms with Crippen LogP contribution in [-0.2, 0) is 11.2 Å². The van der Waals surface area contributed by atoms with Crippen LogP contribution < -0.4 is 4.74 Å². The number of benzene rings is 3. The molecule has 3 rings (SSSR count). The Morgan fingerprint density at radius 2 is 1.60 bits per heavy atom. The largest absolute Gasteiger partial charge is 0.462 e. The fraction of sp³-hybridized carbons (Fsp3) is 0.130. The number of aryl methyl sites for hydroxylation is 1. The number of ether oxygens (including phenoxy) is 2. The minimum atomic E-state index is -0.879. The standard InChI is InChI=1S/C23H19NO6/c25-22(29-15-7-10-17-8-2-1-3-9-17)18-11-6-12-19(16-18)30-23(26)20-13-4-5-14-21(20)24(27)28/h1-6,8-9,11-14,16H,7,10,15H2. The van der Waals surface area contributed by atoms with Gasteiger partial charge in [-0.25, -0.2) is 9.59 Å². The van der Waals surface area contributed by atoms with E-state index in [2.05, 4.69) is 0 Å². The molecule has 0 radical (unpaired) electrons. The number of carbonyl (C=O) groups excluding carboxylic acids is 2. The lowest BCUT2D eigenvalue weighted by Gasteiger charge is -2.08. The summed E-state index contributed by atoms with van der Waals surface area (Å²) in [7, 11) is 0. The molecule has 0 bridgehead atoms. The van der Waals surface area contributed by atoms with Crippen molar-refractivity contribution in [2.45, 2.75) is 12.8 Å². The highest BCUT2D eigenvalue weighted by Gasteiger charge is 2.21. The lowest BCUT2D eigenvalue weighted by Crippen LogP contribution is -2.12. The molecule has 0 fully saturated rings. The number of nitrogens with zero attached hydrogens (tertiary/aromatic N) is 1. The van der Waals surface area contributed by atoms with Gasteiger partial charge in [-0.1, -0.05) is 48.5 Å². The molecule has 0 atom stereocenters. The molecule has 0 aliphatic carbocycles. The summed E-state index contributed by atoms with van der Waals surface area (Å²) >= 11 is 0. The zero-order valence-corrected chi connectivity index (χ0v) is 16.0. The van der Waals surface area contributed by atoms with Crippen LogP contribution >= 0.6 is 0 Å². The van der Waals surface area contributed by atoms with E-state index in [0.29, 0.717) is 6.42 Å². The molecule has 0 N–H and O–H groups in total. The average Bonchev–Trinajstić information content (AvgIpc) is 2.77. The Hall–Kier alpha value is -4.00. The van der Waals surface area contributed by atoms with Crippen molar-refractivity contribution in [3.05, 3.63) is 106 Å². The van der Waals surface area contributed by atoms with E-state index in [9.17, 15) is 19.7 Å². The van der Waals surface area contributed by atoms with Gasteiger partial charge in [0.1, 0.15) is 11.3 Å². The van der Waals surface area contributed by atoms with Crippen molar-refractivity contribution in [3.63, 3.8) is 0 Å². The number of nitro benzene ring substituents is 1. The summed E-state index contributed by atoms with van der Waals surface area (Å²) in [6.07, 6.45) is 1.48. The van der Waals surface area contributed by atoms with Crippen LogP contribution in [0.4, 0.5) is 5.69 Å². The minimum Gasteiger partial charge on any atom is -0.462 e. The average molecular weight is 405 g/mol. The number of nitro groups is 1. The molecule has 0 aromatic heterocycles. The second-order valence-corrected chi connectivity index (χ2v) is 6.42. The molecule has 30 heavy (non-hydrogen) atoms. The third-order valence-corrected chi connectivity index (χ3v) is 4.29. The van der Waals surface area contributed by atoms with Gasteiger partial charge in [0.25, 0.3) is 5.69 Å². The second-order valence-electron chi connectivity index (χ2n) is 6.42. The number of hydrogen-bond acceptors (Lipinski definition) is 6.